The van der Waals surface area contributed by atoms with Crippen LogP contribution in [-0.4, -0.2) is 60.4 Å². The SMILES string of the molecule is Cc1cc(Nc2ncnc3ccc(N4CCNCC4)nc23)ccc1O[C@@H]1CCCOC1. The van der Waals surface area contributed by atoms with Gasteiger partial charge in [-0.05, 0) is 55.7 Å². The zero-order valence-corrected chi connectivity index (χ0v) is 17.8. The van der Waals surface area contributed by atoms with Crippen molar-refractivity contribution in [1.82, 2.24) is 20.3 Å². The molecule has 2 saturated heterocycles. The number of hydrogen-bond donors (Lipinski definition) is 2. The summed E-state index contributed by atoms with van der Waals surface area (Å²) >= 11 is 0. The van der Waals surface area contributed by atoms with Crippen LogP contribution >= 0.6 is 0 Å². The Balaban J connectivity index is 1.37. The van der Waals surface area contributed by atoms with Gasteiger partial charge < -0.3 is 25.0 Å². The molecule has 0 aliphatic carbocycles. The Morgan fingerprint density at radius 2 is 2.06 bits per heavy atom. The quantitative estimate of drug-likeness (QED) is 0.652. The monoisotopic (exact) mass is 420 g/mol. The molecule has 0 amide bonds. The van der Waals surface area contributed by atoms with Gasteiger partial charge in [0.15, 0.2) is 5.82 Å². The van der Waals surface area contributed by atoms with Crippen LogP contribution in [0.15, 0.2) is 36.7 Å². The van der Waals surface area contributed by atoms with Crippen molar-refractivity contribution in [3.05, 3.63) is 42.2 Å². The summed E-state index contributed by atoms with van der Waals surface area (Å²) in [6, 6.07) is 10.2. The van der Waals surface area contributed by atoms with Crippen molar-refractivity contribution in [2.45, 2.75) is 25.9 Å². The van der Waals surface area contributed by atoms with Gasteiger partial charge in [0.05, 0.1) is 12.1 Å². The van der Waals surface area contributed by atoms with Gasteiger partial charge in [-0.15, -0.1) is 0 Å². The maximum atomic E-state index is 6.14. The number of fused-ring (bicyclic) bond motifs is 1. The molecule has 31 heavy (non-hydrogen) atoms. The van der Waals surface area contributed by atoms with E-state index < -0.39 is 0 Å². The number of nitrogens with zero attached hydrogens (tertiary/aromatic N) is 4. The molecule has 162 valence electrons. The Hall–Kier alpha value is -2.97. The van der Waals surface area contributed by atoms with Crippen LogP contribution in [0, 0.1) is 6.92 Å². The van der Waals surface area contributed by atoms with E-state index in [0.29, 0.717) is 12.4 Å². The number of hydrogen-bond acceptors (Lipinski definition) is 8. The second kappa shape index (κ2) is 9.03. The highest BCUT2D eigenvalue weighted by Crippen LogP contribution is 2.28. The third-order valence-electron chi connectivity index (χ3n) is 5.76. The lowest BCUT2D eigenvalue weighted by molar-refractivity contribution is 0.00716. The van der Waals surface area contributed by atoms with Gasteiger partial charge in [0, 0.05) is 38.5 Å². The third kappa shape index (κ3) is 4.55. The summed E-state index contributed by atoms with van der Waals surface area (Å²) in [7, 11) is 0. The Bertz CT molecular complexity index is 1050. The average Bonchev–Trinajstić information content (AvgIpc) is 2.82. The summed E-state index contributed by atoms with van der Waals surface area (Å²) in [4.78, 5) is 16.0. The van der Waals surface area contributed by atoms with Gasteiger partial charge in [-0.1, -0.05) is 0 Å². The number of aryl methyl sites for hydroxylation is 1. The zero-order valence-electron chi connectivity index (χ0n) is 17.8. The normalized spacial score (nSPS) is 19.4. The molecule has 0 radical (unpaired) electrons. The van der Waals surface area contributed by atoms with Crippen molar-refractivity contribution in [3.8, 4) is 5.75 Å². The van der Waals surface area contributed by atoms with E-state index >= 15 is 0 Å². The molecule has 8 heteroatoms. The highest BCUT2D eigenvalue weighted by atomic mass is 16.5. The molecule has 2 fully saturated rings. The predicted octanol–water partition coefficient (Wildman–Crippen LogP) is 3.04. The minimum atomic E-state index is 0.129. The number of rotatable bonds is 5. The van der Waals surface area contributed by atoms with Gasteiger partial charge in [0.2, 0.25) is 0 Å². The number of piperazine rings is 1. The van der Waals surface area contributed by atoms with Crippen LogP contribution < -0.4 is 20.3 Å². The van der Waals surface area contributed by atoms with E-state index in [4.69, 9.17) is 14.5 Å². The van der Waals surface area contributed by atoms with Crippen molar-refractivity contribution in [2.75, 3.05) is 49.6 Å². The van der Waals surface area contributed by atoms with Crippen molar-refractivity contribution in [3.63, 3.8) is 0 Å². The van der Waals surface area contributed by atoms with Gasteiger partial charge in [0.25, 0.3) is 0 Å². The number of ether oxygens (including phenoxy) is 2. The van der Waals surface area contributed by atoms with E-state index in [1.165, 1.54) is 0 Å². The van der Waals surface area contributed by atoms with E-state index in [1.807, 2.05) is 24.3 Å². The van der Waals surface area contributed by atoms with Gasteiger partial charge in [-0.25, -0.2) is 15.0 Å². The van der Waals surface area contributed by atoms with Crippen molar-refractivity contribution in [2.24, 2.45) is 0 Å². The fraction of sp³-hybridized carbons (Fsp3) is 0.435. The lowest BCUT2D eigenvalue weighted by atomic mass is 10.1. The second-order valence-corrected chi connectivity index (χ2v) is 8.06. The molecule has 0 spiro atoms. The number of anilines is 3. The molecule has 1 atom stereocenters. The Kier molecular flexibility index (Phi) is 5.82. The first-order valence-electron chi connectivity index (χ1n) is 11.0. The lowest BCUT2D eigenvalue weighted by Crippen LogP contribution is -2.43. The van der Waals surface area contributed by atoms with Crippen LogP contribution in [0.5, 0.6) is 5.75 Å². The fourth-order valence-electron chi connectivity index (χ4n) is 4.07. The van der Waals surface area contributed by atoms with Crippen molar-refractivity contribution < 1.29 is 9.47 Å². The molecule has 2 aromatic heterocycles. The molecule has 1 aromatic carbocycles. The van der Waals surface area contributed by atoms with E-state index in [1.54, 1.807) is 6.33 Å². The standard InChI is InChI=1S/C23H28N6O2/c1-16-13-17(4-6-20(16)31-18-3-2-12-30-14-18)27-23-22-19(25-15-26-23)5-7-21(28-22)29-10-8-24-9-11-29/h4-7,13,15,18,24H,2-3,8-12,14H2,1H3,(H,25,26,27)/t18-/m1/s1. The first-order valence-corrected chi connectivity index (χ1v) is 11.0. The Labute approximate surface area is 182 Å². The summed E-state index contributed by atoms with van der Waals surface area (Å²) in [5.74, 6) is 2.56. The molecule has 0 unspecified atom stereocenters. The number of pyridine rings is 1. The second-order valence-electron chi connectivity index (χ2n) is 8.06. The lowest BCUT2D eigenvalue weighted by Gasteiger charge is -2.28. The van der Waals surface area contributed by atoms with Gasteiger partial charge in [-0.2, -0.15) is 0 Å². The third-order valence-corrected chi connectivity index (χ3v) is 5.76. The highest BCUT2D eigenvalue weighted by molar-refractivity contribution is 5.88. The topological polar surface area (TPSA) is 84.4 Å². The van der Waals surface area contributed by atoms with E-state index in [-0.39, 0.29) is 6.10 Å². The molecule has 5 rings (SSSR count). The van der Waals surface area contributed by atoms with Crippen LogP contribution in [0.4, 0.5) is 17.3 Å². The van der Waals surface area contributed by atoms with Crippen LogP contribution in [0.25, 0.3) is 11.0 Å². The molecule has 0 bridgehead atoms. The number of aromatic nitrogens is 3. The number of nitrogens with one attached hydrogen (secondary N) is 2. The summed E-state index contributed by atoms with van der Waals surface area (Å²) in [6.07, 6.45) is 3.79. The smallest absolute Gasteiger partial charge is 0.160 e. The highest BCUT2D eigenvalue weighted by Gasteiger charge is 2.17. The molecule has 0 saturated carbocycles. The van der Waals surface area contributed by atoms with E-state index in [2.05, 4.69) is 38.5 Å². The minimum Gasteiger partial charge on any atom is -0.488 e. The molecule has 3 aromatic rings. The summed E-state index contributed by atoms with van der Waals surface area (Å²) in [5.41, 5.74) is 3.61. The predicted molar refractivity (Wildman–Crippen MR) is 121 cm³/mol. The molecule has 8 nitrogen and oxygen atoms in total. The van der Waals surface area contributed by atoms with Gasteiger partial charge in [-0.3, -0.25) is 0 Å². The van der Waals surface area contributed by atoms with Gasteiger partial charge in [0.1, 0.15) is 29.5 Å². The maximum Gasteiger partial charge on any atom is 0.160 e. The maximum absolute atomic E-state index is 6.14. The first-order chi connectivity index (χ1) is 15.3. The van der Waals surface area contributed by atoms with E-state index in [0.717, 1.165) is 79.5 Å². The molecule has 2 aliphatic heterocycles. The molecule has 2 aliphatic rings. The minimum absolute atomic E-state index is 0.129. The summed E-state index contributed by atoms with van der Waals surface area (Å²) in [6.45, 7) is 7.38. The molecular formula is C23H28N6O2. The van der Waals surface area contributed by atoms with Gasteiger partial charge >= 0.3 is 0 Å². The number of benzene rings is 1. The fourth-order valence-corrected chi connectivity index (χ4v) is 4.07. The van der Waals surface area contributed by atoms with Crippen LogP contribution in [0.1, 0.15) is 18.4 Å². The zero-order chi connectivity index (χ0) is 21.0. The van der Waals surface area contributed by atoms with Crippen molar-refractivity contribution >= 4 is 28.4 Å². The summed E-state index contributed by atoms with van der Waals surface area (Å²) < 4.78 is 11.7. The Morgan fingerprint density at radius 1 is 1.16 bits per heavy atom. The Morgan fingerprint density at radius 3 is 2.87 bits per heavy atom. The average molecular weight is 421 g/mol. The molecule has 2 N–H and O–H groups in total. The largest absolute Gasteiger partial charge is 0.488 e. The van der Waals surface area contributed by atoms with E-state index in [9.17, 15) is 0 Å². The van der Waals surface area contributed by atoms with Crippen LogP contribution in [0.2, 0.25) is 0 Å². The van der Waals surface area contributed by atoms with Crippen molar-refractivity contribution in [1.29, 1.82) is 0 Å². The molecule has 4 heterocycles. The van der Waals surface area contributed by atoms with Crippen LogP contribution in [-0.2, 0) is 4.74 Å². The molecular weight excluding hydrogens is 392 g/mol. The summed E-state index contributed by atoms with van der Waals surface area (Å²) in [5, 5.41) is 6.80. The first kappa shape index (κ1) is 20.0. The van der Waals surface area contributed by atoms with Crippen LogP contribution in [0.3, 0.4) is 0 Å².